The van der Waals surface area contributed by atoms with Gasteiger partial charge in [0.15, 0.2) is 0 Å². The Bertz CT molecular complexity index is 3260. The molecule has 0 spiro atoms. The molecule has 0 bridgehead atoms. The molecule has 0 saturated heterocycles. The predicted octanol–water partition coefficient (Wildman–Crippen LogP) is 17.3. The summed E-state index contributed by atoms with van der Waals surface area (Å²) < 4.78 is 9.41. The Labute approximate surface area is 445 Å². The van der Waals surface area contributed by atoms with Crippen molar-refractivity contribution in [3.63, 3.8) is 0 Å². The molecule has 0 saturated carbocycles. The van der Waals surface area contributed by atoms with Gasteiger partial charge in [-0.2, -0.15) is 0 Å². The molecule has 0 atom stereocenters. The molecular weight excluding hydrogens is 1060 g/mol. The molecule has 3 heterocycles. The standard InChI is InChI=1S/C66H73N4O.Pt/c1-61(2,3)47-33-48(62(4,5)6)36-51(35-47)69-43-68(42-58(69)66(15,16)45-27-21-18-22-28-45)50-34-49(63(7,8)9)37-52(39-50)71-53-40-55(64(10,11)12)60-54-29-23-24-30-56(54)70(57(60)41-53)59-38-46(31-32-67-59)65(13,14)44-25-19-17-20-26-44;/h17-38,40,42-43H,1-16H3;/q-3;. The van der Waals surface area contributed by atoms with Crippen molar-refractivity contribution in [3.05, 3.63) is 209 Å². The van der Waals surface area contributed by atoms with Crippen molar-refractivity contribution >= 4 is 33.2 Å². The number of pyridine rings is 1. The normalized spacial score (nSPS) is 14.0. The van der Waals surface area contributed by atoms with Gasteiger partial charge in [0.1, 0.15) is 5.82 Å². The van der Waals surface area contributed by atoms with Crippen LogP contribution in [0.2, 0.25) is 0 Å². The van der Waals surface area contributed by atoms with Crippen molar-refractivity contribution in [2.75, 3.05) is 9.80 Å². The molecule has 0 unspecified atom stereocenters. The minimum absolute atomic E-state index is 0. The van der Waals surface area contributed by atoms with Crippen molar-refractivity contribution < 1.29 is 25.8 Å². The summed E-state index contributed by atoms with van der Waals surface area (Å²) in [5, 5.41) is 2.31. The molecule has 0 radical (unpaired) electrons. The van der Waals surface area contributed by atoms with Gasteiger partial charge in [0, 0.05) is 66.5 Å². The van der Waals surface area contributed by atoms with Gasteiger partial charge in [0.25, 0.3) is 0 Å². The summed E-state index contributed by atoms with van der Waals surface area (Å²) in [5.41, 5.74) is 12.7. The number of anilines is 2. The summed E-state index contributed by atoms with van der Waals surface area (Å²) in [4.78, 5) is 9.71. The third-order valence-electron chi connectivity index (χ3n) is 14.7. The van der Waals surface area contributed by atoms with Crippen LogP contribution in [0.4, 0.5) is 11.4 Å². The summed E-state index contributed by atoms with van der Waals surface area (Å²) in [6.45, 7) is 38.9. The molecule has 2 aromatic heterocycles. The molecule has 0 aliphatic carbocycles. The number of hydrogen-bond donors (Lipinski definition) is 0. The molecule has 72 heavy (non-hydrogen) atoms. The van der Waals surface area contributed by atoms with E-state index in [4.69, 9.17) is 9.72 Å². The number of rotatable bonds is 9. The number of nitrogens with zero attached hydrogens (tertiary/aromatic N) is 4. The van der Waals surface area contributed by atoms with E-state index in [-0.39, 0.29) is 53.6 Å². The van der Waals surface area contributed by atoms with Crippen LogP contribution in [0.5, 0.6) is 11.5 Å². The van der Waals surface area contributed by atoms with Gasteiger partial charge in [-0.15, -0.1) is 53.8 Å². The van der Waals surface area contributed by atoms with Crippen LogP contribution < -0.4 is 14.5 Å². The predicted molar refractivity (Wildman–Crippen MR) is 299 cm³/mol. The number of para-hydroxylation sites is 1. The van der Waals surface area contributed by atoms with Gasteiger partial charge in [-0.25, -0.2) is 4.98 Å². The largest absolute Gasteiger partial charge is 0.509 e. The van der Waals surface area contributed by atoms with E-state index in [1.807, 2.05) is 6.20 Å². The van der Waals surface area contributed by atoms with Gasteiger partial charge in [-0.3, -0.25) is 0 Å². The van der Waals surface area contributed by atoms with Crippen LogP contribution in [0.25, 0.3) is 27.6 Å². The van der Waals surface area contributed by atoms with Gasteiger partial charge < -0.3 is 19.1 Å². The Morgan fingerprint density at radius 2 is 1.04 bits per heavy atom. The fourth-order valence-electron chi connectivity index (χ4n) is 9.93. The van der Waals surface area contributed by atoms with E-state index in [2.05, 4.69) is 284 Å². The SMILES string of the molecule is CC(C)(C)c1cc(Oc2[c-]c3c(c(C(C)(C)C)c2)c2ccccc2n3-c2cc(C(C)(C)c3ccccc3)ccn2)[c-]c(N2C=C(C(C)(C)c3ccccc3)N(c3cc(C(C)(C)C)cc(C(C)(C)C)c3)[CH-]2)c1.[Pt]. The van der Waals surface area contributed by atoms with E-state index in [9.17, 15) is 0 Å². The zero-order valence-electron chi connectivity index (χ0n) is 45.4. The van der Waals surface area contributed by atoms with E-state index in [1.54, 1.807) is 0 Å². The number of benzene rings is 6. The molecule has 6 heteroatoms. The maximum Gasteiger partial charge on any atom is 0.135 e. The Morgan fingerprint density at radius 1 is 0.500 bits per heavy atom. The molecule has 8 aromatic rings. The third-order valence-corrected chi connectivity index (χ3v) is 14.7. The zero-order chi connectivity index (χ0) is 51.1. The fraction of sp³-hybridized carbons (Fsp3) is 0.333. The Balaban J connectivity index is 0.00000693. The Kier molecular flexibility index (Phi) is 13.7. The summed E-state index contributed by atoms with van der Waals surface area (Å²) in [5.74, 6) is 2.10. The van der Waals surface area contributed by atoms with Gasteiger partial charge in [0.05, 0.1) is 0 Å². The van der Waals surface area contributed by atoms with Crippen LogP contribution in [-0.2, 0) is 53.6 Å². The van der Waals surface area contributed by atoms with Crippen LogP contribution in [0, 0.1) is 18.8 Å². The Hall–Kier alpha value is -5.90. The average Bonchev–Trinajstić information content (AvgIpc) is 3.92. The van der Waals surface area contributed by atoms with Gasteiger partial charge in [0.2, 0.25) is 0 Å². The third kappa shape index (κ3) is 10.1. The summed E-state index contributed by atoms with van der Waals surface area (Å²) in [6.07, 6.45) is 4.24. The number of ether oxygens (including phenoxy) is 1. The van der Waals surface area contributed by atoms with E-state index in [0.717, 1.165) is 50.3 Å². The van der Waals surface area contributed by atoms with E-state index in [0.29, 0.717) is 11.5 Å². The molecule has 9 rings (SSSR count). The first kappa shape index (κ1) is 52.4. The van der Waals surface area contributed by atoms with Crippen molar-refractivity contribution in [1.29, 1.82) is 0 Å². The second kappa shape index (κ2) is 18.9. The summed E-state index contributed by atoms with van der Waals surface area (Å²) in [6, 6.07) is 56.0. The maximum absolute atomic E-state index is 7.14. The number of allylic oxidation sites excluding steroid dienone is 1. The monoisotopic (exact) mass is 1130 g/mol. The fourth-order valence-corrected chi connectivity index (χ4v) is 9.93. The molecular formula is C66H73N4OPt-3. The molecule has 5 nitrogen and oxygen atoms in total. The number of aromatic nitrogens is 2. The van der Waals surface area contributed by atoms with Crippen molar-refractivity contribution in [2.24, 2.45) is 0 Å². The minimum Gasteiger partial charge on any atom is -0.509 e. The van der Waals surface area contributed by atoms with Gasteiger partial charge in [-0.1, -0.05) is 207 Å². The van der Waals surface area contributed by atoms with Gasteiger partial charge >= 0.3 is 0 Å². The van der Waals surface area contributed by atoms with Crippen LogP contribution in [0.15, 0.2) is 152 Å². The first-order valence-corrected chi connectivity index (χ1v) is 25.4. The van der Waals surface area contributed by atoms with Crippen molar-refractivity contribution in [1.82, 2.24) is 9.55 Å². The van der Waals surface area contributed by atoms with Crippen LogP contribution in [-0.4, -0.2) is 9.55 Å². The van der Waals surface area contributed by atoms with E-state index < -0.39 is 0 Å². The van der Waals surface area contributed by atoms with E-state index in [1.165, 1.54) is 33.4 Å². The number of fused-ring (bicyclic) bond motifs is 3. The molecule has 0 amide bonds. The Morgan fingerprint density at radius 3 is 1.62 bits per heavy atom. The smallest absolute Gasteiger partial charge is 0.135 e. The quantitative estimate of drug-likeness (QED) is 0.135. The minimum atomic E-state index is -0.356. The van der Waals surface area contributed by atoms with Crippen LogP contribution in [0.3, 0.4) is 0 Å². The molecule has 1 aliphatic rings. The molecule has 376 valence electrons. The first-order chi connectivity index (χ1) is 33.2. The zero-order valence-corrected chi connectivity index (χ0v) is 47.7. The average molecular weight is 1130 g/mol. The van der Waals surface area contributed by atoms with E-state index >= 15 is 0 Å². The maximum atomic E-state index is 7.14. The van der Waals surface area contributed by atoms with Crippen LogP contribution in [0.1, 0.15) is 150 Å². The second-order valence-corrected chi connectivity index (χ2v) is 24.9. The van der Waals surface area contributed by atoms with Crippen molar-refractivity contribution in [2.45, 2.75) is 143 Å². The topological polar surface area (TPSA) is 33.5 Å². The molecule has 0 fully saturated rings. The summed E-state index contributed by atoms with van der Waals surface area (Å²) >= 11 is 0. The van der Waals surface area contributed by atoms with Crippen molar-refractivity contribution in [3.8, 4) is 17.3 Å². The number of hydrogen-bond acceptors (Lipinski definition) is 4. The first-order valence-electron chi connectivity index (χ1n) is 25.4. The summed E-state index contributed by atoms with van der Waals surface area (Å²) in [7, 11) is 0. The molecule has 1 aliphatic heterocycles. The second-order valence-electron chi connectivity index (χ2n) is 24.9. The van der Waals surface area contributed by atoms with Crippen LogP contribution >= 0.6 is 0 Å². The molecule has 0 N–H and O–H groups in total. The van der Waals surface area contributed by atoms with Gasteiger partial charge in [-0.05, 0) is 91.4 Å². The molecule has 6 aromatic carbocycles.